The van der Waals surface area contributed by atoms with Crippen molar-refractivity contribution in [3.8, 4) is 11.5 Å². The molecule has 0 unspecified atom stereocenters. The van der Waals surface area contributed by atoms with Gasteiger partial charge in [-0.15, -0.1) is 0 Å². The third-order valence-electron chi connectivity index (χ3n) is 4.32. The highest BCUT2D eigenvalue weighted by Gasteiger charge is 2.17. The fourth-order valence-corrected chi connectivity index (χ4v) is 4.05. The molecule has 4 rings (SSSR count). The Labute approximate surface area is 170 Å². The average Bonchev–Trinajstić information content (AvgIpc) is 3.48. The average molecular weight is 408 g/mol. The molecule has 0 saturated carbocycles. The van der Waals surface area contributed by atoms with Gasteiger partial charge in [0.15, 0.2) is 0 Å². The molecule has 148 valence electrons. The fourth-order valence-electron chi connectivity index (χ4n) is 3.01. The van der Waals surface area contributed by atoms with E-state index in [0.717, 1.165) is 17.1 Å². The minimum absolute atomic E-state index is 0.0810. The summed E-state index contributed by atoms with van der Waals surface area (Å²) in [6.07, 6.45) is 7.09. The number of nitrogens with one attached hydrogen (secondary N) is 1. The molecule has 0 saturated heterocycles. The molecule has 0 spiro atoms. The number of hydrogen-bond acceptors (Lipinski definition) is 4. The van der Waals surface area contributed by atoms with Gasteiger partial charge < -0.3 is 14.3 Å². The molecule has 1 atom stereocenters. The summed E-state index contributed by atoms with van der Waals surface area (Å²) in [7, 11) is -1.37. The van der Waals surface area contributed by atoms with Crippen molar-refractivity contribution in [2.75, 3.05) is 5.75 Å². The minimum Gasteiger partial charge on any atom is -0.467 e. The van der Waals surface area contributed by atoms with E-state index in [2.05, 4.69) is 10.4 Å². The first kappa shape index (κ1) is 18.9. The molecule has 3 heterocycles. The van der Waals surface area contributed by atoms with Crippen LogP contribution in [0.5, 0.6) is 0 Å². The van der Waals surface area contributed by atoms with Crippen molar-refractivity contribution >= 4 is 16.7 Å². The number of carbonyl (C=O) groups is 1. The lowest BCUT2D eigenvalue weighted by molar-refractivity contribution is -0.118. The van der Waals surface area contributed by atoms with Crippen molar-refractivity contribution in [1.29, 1.82) is 0 Å². The molecule has 1 N–H and O–H groups in total. The molecular weight excluding hydrogens is 388 g/mol. The van der Waals surface area contributed by atoms with E-state index in [1.165, 1.54) is 0 Å². The molecule has 29 heavy (non-hydrogen) atoms. The van der Waals surface area contributed by atoms with Gasteiger partial charge in [-0.3, -0.25) is 9.00 Å². The Bertz CT molecular complexity index is 1090. The topological polar surface area (TPSA) is 82.1 Å². The van der Waals surface area contributed by atoms with Crippen LogP contribution >= 0.6 is 0 Å². The molecule has 0 aliphatic carbocycles. The summed E-state index contributed by atoms with van der Waals surface area (Å²) < 4.78 is 21.6. The Hall–Kier alpha value is -3.39. The lowest BCUT2D eigenvalue weighted by atomic mass is 10.3. The Morgan fingerprint density at radius 2 is 1.86 bits per heavy atom. The second-order valence-electron chi connectivity index (χ2n) is 6.42. The summed E-state index contributed by atoms with van der Waals surface area (Å²) in [5, 5.41) is 7.22. The number of rotatable bonds is 8. The van der Waals surface area contributed by atoms with Crippen LogP contribution in [-0.2, 0) is 27.9 Å². The minimum atomic E-state index is -1.37. The lowest BCUT2D eigenvalue weighted by Crippen LogP contribution is -2.28. The van der Waals surface area contributed by atoms with E-state index >= 15 is 0 Å². The van der Waals surface area contributed by atoms with Crippen molar-refractivity contribution in [1.82, 2.24) is 19.7 Å². The second kappa shape index (κ2) is 8.74. The Morgan fingerprint density at radius 3 is 2.59 bits per heavy atom. The highest BCUT2D eigenvalue weighted by atomic mass is 32.2. The number of furan rings is 1. The largest absolute Gasteiger partial charge is 0.467 e. The monoisotopic (exact) mass is 408 g/mol. The fraction of sp³-hybridized carbons (Fsp3) is 0.143. The van der Waals surface area contributed by atoms with Gasteiger partial charge in [-0.25, -0.2) is 4.68 Å². The van der Waals surface area contributed by atoms with Crippen molar-refractivity contribution in [3.63, 3.8) is 0 Å². The zero-order valence-electron chi connectivity index (χ0n) is 15.6. The second-order valence-corrected chi connectivity index (χ2v) is 7.87. The van der Waals surface area contributed by atoms with E-state index in [1.54, 1.807) is 24.6 Å². The first-order chi connectivity index (χ1) is 14.2. The van der Waals surface area contributed by atoms with E-state index in [9.17, 15) is 9.00 Å². The summed E-state index contributed by atoms with van der Waals surface area (Å²) in [6, 6.07) is 17.1. The predicted octanol–water partition coefficient (Wildman–Crippen LogP) is 2.82. The maximum absolute atomic E-state index is 12.6. The van der Waals surface area contributed by atoms with Crippen LogP contribution in [0.2, 0.25) is 0 Å². The van der Waals surface area contributed by atoms with E-state index in [0.29, 0.717) is 5.76 Å². The summed E-state index contributed by atoms with van der Waals surface area (Å²) in [5.41, 5.74) is 1.71. The molecule has 1 amide bonds. The first-order valence-corrected chi connectivity index (χ1v) is 10.6. The quantitative estimate of drug-likeness (QED) is 0.486. The van der Waals surface area contributed by atoms with Crippen LogP contribution in [0.25, 0.3) is 11.5 Å². The smallest absolute Gasteiger partial charge is 0.233 e. The predicted molar refractivity (Wildman–Crippen MR) is 110 cm³/mol. The molecule has 8 heteroatoms. The molecule has 0 bridgehead atoms. The van der Waals surface area contributed by atoms with Crippen LogP contribution in [0, 0.1) is 0 Å². The number of para-hydroxylation sites is 1. The van der Waals surface area contributed by atoms with Crippen LogP contribution in [0.1, 0.15) is 11.3 Å². The number of amides is 1. The van der Waals surface area contributed by atoms with Gasteiger partial charge in [-0.1, -0.05) is 18.2 Å². The van der Waals surface area contributed by atoms with Crippen molar-refractivity contribution in [2.45, 2.75) is 12.3 Å². The van der Waals surface area contributed by atoms with Crippen LogP contribution in [0.3, 0.4) is 0 Å². The van der Waals surface area contributed by atoms with E-state index < -0.39 is 10.8 Å². The molecule has 0 aliphatic rings. The highest BCUT2D eigenvalue weighted by molar-refractivity contribution is 7.84. The molecule has 1 aromatic carbocycles. The number of benzene rings is 1. The molecule has 0 aliphatic heterocycles. The normalized spacial score (nSPS) is 12.0. The van der Waals surface area contributed by atoms with Crippen LogP contribution in [-0.4, -0.2) is 30.2 Å². The summed E-state index contributed by atoms with van der Waals surface area (Å²) in [6.45, 7) is 0.281. The third kappa shape index (κ3) is 4.55. The SMILES string of the molecule is O=C(C[S@@](=O)Cc1cnn(-c2ccccc2)c1-n1cccc1)NCc1ccco1. The Morgan fingerprint density at radius 1 is 1.07 bits per heavy atom. The van der Waals surface area contributed by atoms with Gasteiger partial charge in [0.2, 0.25) is 5.91 Å². The van der Waals surface area contributed by atoms with Gasteiger partial charge in [0.05, 0.1) is 30.4 Å². The standard InChI is InChI=1S/C21H20N4O3S/c26-20(22-14-19-9-6-12-28-19)16-29(27)15-17-13-23-25(18-7-2-1-3-8-18)21(17)24-10-4-5-11-24/h1-13H,14-16H2,(H,22,26)/t29-/m0/s1. The van der Waals surface area contributed by atoms with Crippen molar-refractivity contribution in [2.24, 2.45) is 0 Å². The zero-order chi connectivity index (χ0) is 20.1. The Kier molecular flexibility index (Phi) is 5.71. The summed E-state index contributed by atoms with van der Waals surface area (Å²) in [5.74, 6) is 1.34. The third-order valence-corrected chi connectivity index (χ3v) is 5.53. The maximum Gasteiger partial charge on any atom is 0.233 e. The van der Waals surface area contributed by atoms with E-state index in [1.807, 2.05) is 64.1 Å². The molecule has 0 fully saturated rings. The van der Waals surface area contributed by atoms with Crippen LogP contribution < -0.4 is 5.32 Å². The van der Waals surface area contributed by atoms with Gasteiger partial charge in [0, 0.05) is 28.8 Å². The van der Waals surface area contributed by atoms with E-state index in [4.69, 9.17) is 4.42 Å². The van der Waals surface area contributed by atoms with Gasteiger partial charge in [-0.2, -0.15) is 5.10 Å². The van der Waals surface area contributed by atoms with Crippen molar-refractivity contribution < 1.29 is 13.4 Å². The molecule has 0 radical (unpaired) electrons. The molecule has 3 aromatic heterocycles. The van der Waals surface area contributed by atoms with E-state index in [-0.39, 0.29) is 24.0 Å². The summed E-state index contributed by atoms with van der Waals surface area (Å²) in [4.78, 5) is 12.1. The van der Waals surface area contributed by atoms with Crippen LogP contribution in [0.15, 0.2) is 83.9 Å². The molecule has 4 aromatic rings. The van der Waals surface area contributed by atoms with Crippen molar-refractivity contribution in [3.05, 3.63) is 90.8 Å². The number of carbonyl (C=O) groups excluding carboxylic acids is 1. The first-order valence-electron chi connectivity index (χ1n) is 9.10. The van der Waals surface area contributed by atoms with Gasteiger partial charge >= 0.3 is 0 Å². The van der Waals surface area contributed by atoms with Gasteiger partial charge in [0.25, 0.3) is 0 Å². The number of hydrogen-bond donors (Lipinski definition) is 1. The zero-order valence-corrected chi connectivity index (χ0v) is 16.4. The Balaban J connectivity index is 1.49. The van der Waals surface area contributed by atoms with Gasteiger partial charge in [-0.05, 0) is 36.4 Å². The van der Waals surface area contributed by atoms with Crippen LogP contribution in [0.4, 0.5) is 0 Å². The molecular formula is C21H20N4O3S. The number of aromatic nitrogens is 3. The number of nitrogens with zero attached hydrogens (tertiary/aromatic N) is 3. The van der Waals surface area contributed by atoms with Gasteiger partial charge in [0.1, 0.15) is 17.3 Å². The summed E-state index contributed by atoms with van der Waals surface area (Å²) >= 11 is 0. The lowest BCUT2D eigenvalue weighted by Gasteiger charge is -2.11. The molecule has 7 nitrogen and oxygen atoms in total. The maximum atomic E-state index is 12.6. The highest BCUT2D eigenvalue weighted by Crippen LogP contribution is 2.21.